The highest BCUT2D eigenvalue weighted by atomic mass is 79.9. The quantitative estimate of drug-likeness (QED) is 0.797. The Labute approximate surface area is 111 Å². The third-order valence-electron chi connectivity index (χ3n) is 2.77. The van der Waals surface area contributed by atoms with Crippen LogP contribution in [0.5, 0.6) is 0 Å². The van der Waals surface area contributed by atoms with Crippen LogP contribution in [0.4, 0.5) is 0 Å². The molecule has 1 aromatic carbocycles. The van der Waals surface area contributed by atoms with Crippen LogP contribution in [0.2, 0.25) is 0 Å². The van der Waals surface area contributed by atoms with Crippen LogP contribution in [0.15, 0.2) is 30.6 Å². The molecule has 0 bridgehead atoms. The Morgan fingerprint density at radius 2 is 1.94 bits per heavy atom. The maximum absolute atomic E-state index is 4.41. The van der Waals surface area contributed by atoms with Gasteiger partial charge in [-0.3, -0.25) is 0 Å². The molecular formula is C14H17BrN2. The molecule has 2 aromatic rings. The van der Waals surface area contributed by atoms with Crippen molar-refractivity contribution < 1.29 is 0 Å². The van der Waals surface area contributed by atoms with Gasteiger partial charge in [-0.05, 0) is 18.4 Å². The molecule has 2 nitrogen and oxygen atoms in total. The van der Waals surface area contributed by atoms with Crippen LogP contribution in [0, 0.1) is 5.92 Å². The number of benzene rings is 1. The first-order valence-corrected chi connectivity index (χ1v) is 6.91. The molecule has 1 aromatic heterocycles. The number of aromatic nitrogens is 2. The van der Waals surface area contributed by atoms with Crippen molar-refractivity contribution in [3.8, 4) is 0 Å². The normalized spacial score (nSPS) is 13.2. The fraction of sp³-hybridized carbons (Fsp3) is 0.429. The van der Waals surface area contributed by atoms with Crippen LogP contribution < -0.4 is 0 Å². The highest BCUT2D eigenvalue weighted by molar-refractivity contribution is 9.09. The van der Waals surface area contributed by atoms with Gasteiger partial charge in [0, 0.05) is 16.6 Å². The minimum absolute atomic E-state index is 0.487. The smallest absolute Gasteiger partial charge is 0.116 e. The van der Waals surface area contributed by atoms with Gasteiger partial charge in [0.1, 0.15) is 6.33 Å². The van der Waals surface area contributed by atoms with Crippen LogP contribution in [0.3, 0.4) is 0 Å². The molecule has 0 N–H and O–H groups in total. The van der Waals surface area contributed by atoms with E-state index in [2.05, 4.69) is 45.8 Å². The van der Waals surface area contributed by atoms with Crippen molar-refractivity contribution in [2.45, 2.75) is 31.5 Å². The van der Waals surface area contributed by atoms with E-state index in [1.165, 1.54) is 11.8 Å². The van der Waals surface area contributed by atoms with Crippen molar-refractivity contribution in [3.63, 3.8) is 0 Å². The Bertz CT molecular complexity index is 491. The third-order valence-corrected chi connectivity index (χ3v) is 3.46. The molecule has 2 rings (SSSR count). The summed E-state index contributed by atoms with van der Waals surface area (Å²) in [5, 5.41) is 1.17. The van der Waals surface area contributed by atoms with E-state index in [1.807, 2.05) is 18.2 Å². The number of hydrogen-bond acceptors (Lipinski definition) is 2. The standard InChI is InChI=1S/C14H17BrN2/c1-10(2)7-11(15)8-14-12-5-3-4-6-13(12)16-9-17-14/h3-6,9-11H,7-8H2,1-2H3. The summed E-state index contributed by atoms with van der Waals surface area (Å²) in [6, 6.07) is 8.19. The van der Waals surface area contributed by atoms with E-state index in [1.54, 1.807) is 6.33 Å². The lowest BCUT2D eigenvalue weighted by atomic mass is 10.0. The van der Waals surface area contributed by atoms with Gasteiger partial charge in [-0.1, -0.05) is 48.0 Å². The lowest BCUT2D eigenvalue weighted by Crippen LogP contribution is -2.08. The minimum Gasteiger partial charge on any atom is -0.241 e. The van der Waals surface area contributed by atoms with Gasteiger partial charge in [-0.2, -0.15) is 0 Å². The first-order chi connectivity index (χ1) is 8.16. The molecular weight excluding hydrogens is 276 g/mol. The van der Waals surface area contributed by atoms with Gasteiger partial charge < -0.3 is 0 Å². The average Bonchev–Trinajstić information content (AvgIpc) is 2.28. The summed E-state index contributed by atoms with van der Waals surface area (Å²) in [6.07, 6.45) is 3.78. The van der Waals surface area contributed by atoms with Crippen molar-refractivity contribution in [2.75, 3.05) is 0 Å². The monoisotopic (exact) mass is 292 g/mol. The van der Waals surface area contributed by atoms with E-state index in [0.29, 0.717) is 10.7 Å². The van der Waals surface area contributed by atoms with E-state index in [9.17, 15) is 0 Å². The SMILES string of the molecule is CC(C)CC(Br)Cc1ncnc2ccccc12. The molecule has 0 spiro atoms. The average molecular weight is 293 g/mol. The Kier molecular flexibility index (Phi) is 4.11. The zero-order valence-electron chi connectivity index (χ0n) is 10.2. The molecule has 0 saturated heterocycles. The molecule has 1 atom stereocenters. The molecule has 0 aliphatic carbocycles. The van der Waals surface area contributed by atoms with E-state index in [-0.39, 0.29) is 0 Å². The van der Waals surface area contributed by atoms with Crippen LogP contribution in [-0.4, -0.2) is 14.8 Å². The number of nitrogens with zero attached hydrogens (tertiary/aromatic N) is 2. The Balaban J connectivity index is 2.24. The van der Waals surface area contributed by atoms with Gasteiger partial charge in [0.15, 0.2) is 0 Å². The molecule has 0 radical (unpaired) electrons. The summed E-state index contributed by atoms with van der Waals surface area (Å²) in [5.74, 6) is 0.701. The molecule has 0 amide bonds. The number of para-hydroxylation sites is 1. The highest BCUT2D eigenvalue weighted by Gasteiger charge is 2.11. The van der Waals surface area contributed by atoms with Gasteiger partial charge >= 0.3 is 0 Å². The molecule has 1 heterocycles. The van der Waals surface area contributed by atoms with Crippen molar-refractivity contribution in [1.29, 1.82) is 0 Å². The summed E-state index contributed by atoms with van der Waals surface area (Å²) in [4.78, 5) is 9.18. The largest absolute Gasteiger partial charge is 0.241 e. The number of alkyl halides is 1. The lowest BCUT2D eigenvalue weighted by Gasteiger charge is -2.12. The highest BCUT2D eigenvalue weighted by Crippen LogP contribution is 2.21. The van der Waals surface area contributed by atoms with Gasteiger partial charge in [0.2, 0.25) is 0 Å². The van der Waals surface area contributed by atoms with Crippen LogP contribution in [0.25, 0.3) is 10.9 Å². The molecule has 0 fully saturated rings. The summed E-state index contributed by atoms with van der Waals surface area (Å²) in [5.41, 5.74) is 2.17. The first-order valence-electron chi connectivity index (χ1n) is 5.99. The number of halogens is 1. The molecule has 0 aliphatic heterocycles. The zero-order chi connectivity index (χ0) is 12.3. The number of hydrogen-bond donors (Lipinski definition) is 0. The van der Waals surface area contributed by atoms with Gasteiger partial charge in [-0.25, -0.2) is 9.97 Å². The van der Waals surface area contributed by atoms with E-state index >= 15 is 0 Å². The second-order valence-electron chi connectivity index (χ2n) is 4.77. The fourth-order valence-corrected chi connectivity index (χ4v) is 3.08. The molecule has 0 aliphatic rings. The van der Waals surface area contributed by atoms with Crippen LogP contribution in [0.1, 0.15) is 26.0 Å². The third kappa shape index (κ3) is 3.25. The van der Waals surface area contributed by atoms with E-state index in [0.717, 1.165) is 17.6 Å². The molecule has 3 heteroatoms. The molecule has 0 saturated carbocycles. The fourth-order valence-electron chi connectivity index (χ4n) is 2.03. The Hall–Kier alpha value is -0.960. The topological polar surface area (TPSA) is 25.8 Å². The van der Waals surface area contributed by atoms with E-state index < -0.39 is 0 Å². The Morgan fingerprint density at radius 1 is 1.18 bits per heavy atom. The molecule has 17 heavy (non-hydrogen) atoms. The predicted octanol–water partition coefficient (Wildman–Crippen LogP) is 3.98. The summed E-state index contributed by atoms with van der Waals surface area (Å²) in [7, 11) is 0. The van der Waals surface area contributed by atoms with Gasteiger partial charge in [-0.15, -0.1) is 0 Å². The number of rotatable bonds is 4. The minimum atomic E-state index is 0.487. The molecule has 1 unspecified atom stereocenters. The molecule has 90 valence electrons. The van der Waals surface area contributed by atoms with Gasteiger partial charge in [0.25, 0.3) is 0 Å². The van der Waals surface area contributed by atoms with Crippen LogP contribution in [-0.2, 0) is 6.42 Å². The Morgan fingerprint density at radius 3 is 2.71 bits per heavy atom. The van der Waals surface area contributed by atoms with E-state index in [4.69, 9.17) is 0 Å². The maximum atomic E-state index is 4.41. The summed E-state index contributed by atoms with van der Waals surface area (Å²) in [6.45, 7) is 4.48. The predicted molar refractivity (Wildman–Crippen MR) is 75.4 cm³/mol. The van der Waals surface area contributed by atoms with Crippen molar-refractivity contribution in [3.05, 3.63) is 36.3 Å². The first kappa shape index (κ1) is 12.5. The van der Waals surface area contributed by atoms with Crippen molar-refractivity contribution in [2.24, 2.45) is 5.92 Å². The zero-order valence-corrected chi connectivity index (χ0v) is 11.8. The second kappa shape index (κ2) is 5.58. The lowest BCUT2D eigenvalue weighted by molar-refractivity contribution is 0.569. The van der Waals surface area contributed by atoms with Crippen LogP contribution >= 0.6 is 15.9 Å². The summed E-state index contributed by atoms with van der Waals surface area (Å²) < 4.78 is 0. The van der Waals surface area contributed by atoms with Crippen molar-refractivity contribution in [1.82, 2.24) is 9.97 Å². The van der Waals surface area contributed by atoms with Crippen molar-refractivity contribution >= 4 is 26.8 Å². The number of fused-ring (bicyclic) bond motifs is 1. The van der Waals surface area contributed by atoms with Gasteiger partial charge in [0.05, 0.1) is 11.2 Å². The second-order valence-corrected chi connectivity index (χ2v) is 6.06. The maximum Gasteiger partial charge on any atom is 0.116 e. The summed E-state index contributed by atoms with van der Waals surface area (Å²) >= 11 is 3.74.